The zero-order chi connectivity index (χ0) is 10.3. The van der Waals surface area contributed by atoms with Crippen molar-refractivity contribution in [2.45, 2.75) is 46.5 Å². The van der Waals surface area contributed by atoms with E-state index in [1.165, 1.54) is 25.7 Å². The van der Waals surface area contributed by atoms with Crippen LogP contribution < -0.4 is 5.73 Å². The van der Waals surface area contributed by atoms with E-state index in [2.05, 4.69) is 20.8 Å². The van der Waals surface area contributed by atoms with Crippen molar-refractivity contribution in [3.8, 4) is 0 Å². The molecular weight excluding hydrogens is 170 g/mol. The predicted molar refractivity (Wildman–Crippen MR) is 60.9 cm³/mol. The van der Waals surface area contributed by atoms with Crippen molar-refractivity contribution in [3.63, 3.8) is 0 Å². The van der Waals surface area contributed by atoms with Gasteiger partial charge in [0.15, 0.2) is 0 Å². The van der Waals surface area contributed by atoms with Crippen LogP contribution in [0.1, 0.15) is 46.5 Å². The van der Waals surface area contributed by atoms with E-state index in [0.717, 1.165) is 30.2 Å². The SMILES string of the molecule is CC(C1CC1)C(C)(C)C(CN)C1CC1. The highest BCUT2D eigenvalue weighted by atomic mass is 14.6. The molecule has 1 nitrogen and oxygen atoms in total. The lowest BCUT2D eigenvalue weighted by atomic mass is 9.66. The summed E-state index contributed by atoms with van der Waals surface area (Å²) in [4.78, 5) is 0. The van der Waals surface area contributed by atoms with Crippen LogP contribution in [0.4, 0.5) is 0 Å². The molecule has 0 saturated heterocycles. The van der Waals surface area contributed by atoms with Crippen molar-refractivity contribution < 1.29 is 0 Å². The molecule has 2 fully saturated rings. The highest BCUT2D eigenvalue weighted by Crippen LogP contribution is 2.53. The van der Waals surface area contributed by atoms with Crippen LogP contribution in [0.25, 0.3) is 0 Å². The third kappa shape index (κ3) is 1.84. The third-order valence-electron chi connectivity index (χ3n) is 4.90. The summed E-state index contributed by atoms with van der Waals surface area (Å²) in [5.41, 5.74) is 6.43. The molecule has 82 valence electrons. The molecule has 1 heteroatoms. The Bertz CT molecular complexity index is 201. The van der Waals surface area contributed by atoms with E-state index in [0.29, 0.717) is 5.41 Å². The minimum absolute atomic E-state index is 0.469. The molecule has 0 heterocycles. The molecule has 0 aromatic carbocycles. The first-order valence-electron chi connectivity index (χ1n) is 6.27. The first kappa shape index (κ1) is 10.5. The predicted octanol–water partition coefficient (Wildman–Crippen LogP) is 3.04. The van der Waals surface area contributed by atoms with E-state index in [9.17, 15) is 0 Å². The molecule has 0 aromatic rings. The van der Waals surface area contributed by atoms with Crippen molar-refractivity contribution >= 4 is 0 Å². The van der Waals surface area contributed by atoms with Gasteiger partial charge >= 0.3 is 0 Å². The van der Waals surface area contributed by atoms with Gasteiger partial charge in [0, 0.05) is 0 Å². The Balaban J connectivity index is 2.02. The maximum Gasteiger partial charge on any atom is -0.00410 e. The summed E-state index contributed by atoms with van der Waals surface area (Å²) in [6.07, 6.45) is 5.80. The summed E-state index contributed by atoms with van der Waals surface area (Å²) in [5.74, 6) is 3.61. The van der Waals surface area contributed by atoms with Crippen LogP contribution in [0.3, 0.4) is 0 Å². The minimum atomic E-state index is 0.469. The summed E-state index contributed by atoms with van der Waals surface area (Å²) >= 11 is 0. The Hall–Kier alpha value is -0.0400. The molecule has 0 aliphatic heterocycles. The Labute approximate surface area is 88.4 Å². The van der Waals surface area contributed by atoms with Crippen LogP contribution in [0.2, 0.25) is 0 Å². The van der Waals surface area contributed by atoms with Crippen molar-refractivity contribution in [2.75, 3.05) is 6.54 Å². The largest absolute Gasteiger partial charge is 0.330 e. The smallest absolute Gasteiger partial charge is 0.00410 e. The highest BCUT2D eigenvalue weighted by Gasteiger charge is 2.46. The van der Waals surface area contributed by atoms with Crippen LogP contribution in [0.15, 0.2) is 0 Å². The average Bonchev–Trinajstić information content (AvgIpc) is 2.98. The molecule has 2 N–H and O–H groups in total. The molecule has 0 bridgehead atoms. The van der Waals surface area contributed by atoms with E-state index in [1.807, 2.05) is 0 Å². The molecule has 2 unspecified atom stereocenters. The summed E-state index contributed by atoms with van der Waals surface area (Å²) in [6.45, 7) is 8.25. The van der Waals surface area contributed by atoms with Crippen LogP contribution in [-0.2, 0) is 0 Å². The molecule has 2 aliphatic rings. The number of nitrogens with two attached hydrogens (primary N) is 1. The lowest BCUT2D eigenvalue weighted by Crippen LogP contribution is -2.38. The first-order valence-corrected chi connectivity index (χ1v) is 6.27. The molecule has 2 aliphatic carbocycles. The monoisotopic (exact) mass is 195 g/mol. The van der Waals surface area contributed by atoms with Gasteiger partial charge in [-0.2, -0.15) is 0 Å². The fraction of sp³-hybridized carbons (Fsp3) is 1.00. The van der Waals surface area contributed by atoms with Crippen molar-refractivity contribution in [2.24, 2.45) is 34.8 Å². The maximum atomic E-state index is 5.96. The second kappa shape index (κ2) is 3.52. The fourth-order valence-corrected chi connectivity index (χ4v) is 3.14. The van der Waals surface area contributed by atoms with Crippen molar-refractivity contribution in [1.29, 1.82) is 0 Å². The van der Waals surface area contributed by atoms with Gasteiger partial charge in [-0.15, -0.1) is 0 Å². The van der Waals surface area contributed by atoms with Gasteiger partial charge in [0.1, 0.15) is 0 Å². The summed E-state index contributed by atoms with van der Waals surface area (Å²) < 4.78 is 0. The second-order valence-electron chi connectivity index (χ2n) is 6.13. The van der Waals surface area contributed by atoms with E-state index in [1.54, 1.807) is 0 Å². The number of hydrogen-bond acceptors (Lipinski definition) is 1. The Morgan fingerprint density at radius 3 is 2.00 bits per heavy atom. The van der Waals surface area contributed by atoms with Crippen molar-refractivity contribution in [1.82, 2.24) is 0 Å². The number of rotatable bonds is 5. The highest BCUT2D eigenvalue weighted by molar-refractivity contribution is 4.97. The van der Waals surface area contributed by atoms with E-state index in [4.69, 9.17) is 5.73 Å². The molecule has 0 radical (unpaired) electrons. The second-order valence-corrected chi connectivity index (χ2v) is 6.13. The van der Waals surface area contributed by atoms with Gasteiger partial charge in [-0.25, -0.2) is 0 Å². The molecule has 0 aromatic heterocycles. The number of hydrogen-bond donors (Lipinski definition) is 1. The summed E-state index contributed by atoms with van der Waals surface area (Å²) in [5, 5.41) is 0. The Kier molecular flexibility index (Phi) is 2.63. The van der Waals surface area contributed by atoms with E-state index < -0.39 is 0 Å². The van der Waals surface area contributed by atoms with E-state index in [-0.39, 0.29) is 0 Å². The van der Waals surface area contributed by atoms with Crippen LogP contribution in [0.5, 0.6) is 0 Å². The molecule has 2 saturated carbocycles. The Morgan fingerprint density at radius 2 is 1.64 bits per heavy atom. The summed E-state index contributed by atoms with van der Waals surface area (Å²) in [7, 11) is 0. The van der Waals surface area contributed by atoms with Gasteiger partial charge in [0.05, 0.1) is 0 Å². The lowest BCUT2D eigenvalue weighted by molar-refractivity contribution is 0.0981. The first-order chi connectivity index (χ1) is 6.57. The third-order valence-corrected chi connectivity index (χ3v) is 4.90. The molecular formula is C13H25N. The van der Waals surface area contributed by atoms with Crippen LogP contribution in [-0.4, -0.2) is 6.54 Å². The Morgan fingerprint density at radius 1 is 1.14 bits per heavy atom. The quantitative estimate of drug-likeness (QED) is 0.717. The van der Waals surface area contributed by atoms with Gasteiger partial charge in [-0.05, 0) is 61.3 Å². The van der Waals surface area contributed by atoms with Gasteiger partial charge in [0.25, 0.3) is 0 Å². The molecule has 2 atom stereocenters. The fourth-order valence-electron chi connectivity index (χ4n) is 3.14. The maximum absolute atomic E-state index is 5.96. The molecule has 0 amide bonds. The molecule has 2 rings (SSSR count). The van der Waals surface area contributed by atoms with Gasteiger partial charge < -0.3 is 5.73 Å². The molecule has 14 heavy (non-hydrogen) atoms. The zero-order valence-electron chi connectivity index (χ0n) is 9.92. The van der Waals surface area contributed by atoms with Crippen molar-refractivity contribution in [3.05, 3.63) is 0 Å². The normalized spacial score (nSPS) is 27.4. The van der Waals surface area contributed by atoms with Gasteiger partial charge in [-0.1, -0.05) is 20.8 Å². The molecule has 0 spiro atoms. The van der Waals surface area contributed by atoms with Crippen LogP contribution >= 0.6 is 0 Å². The van der Waals surface area contributed by atoms with Gasteiger partial charge in [0.2, 0.25) is 0 Å². The van der Waals surface area contributed by atoms with E-state index >= 15 is 0 Å². The lowest BCUT2D eigenvalue weighted by Gasteiger charge is -2.39. The minimum Gasteiger partial charge on any atom is -0.330 e. The van der Waals surface area contributed by atoms with Crippen LogP contribution in [0, 0.1) is 29.1 Å². The zero-order valence-corrected chi connectivity index (χ0v) is 9.92. The van der Waals surface area contributed by atoms with Gasteiger partial charge in [-0.3, -0.25) is 0 Å². The topological polar surface area (TPSA) is 26.0 Å². The summed E-state index contributed by atoms with van der Waals surface area (Å²) in [6, 6.07) is 0. The standard InChI is InChI=1S/C13H25N/c1-9(10-4-5-10)13(2,3)12(8-14)11-6-7-11/h9-12H,4-8,14H2,1-3H3. The average molecular weight is 195 g/mol.